The Labute approximate surface area is 149 Å². The van der Waals surface area contributed by atoms with Crippen molar-refractivity contribution in [2.75, 3.05) is 39.9 Å². The van der Waals surface area contributed by atoms with E-state index in [2.05, 4.69) is 10.2 Å². The molecule has 2 aromatic rings. The van der Waals surface area contributed by atoms with Crippen molar-refractivity contribution in [2.24, 2.45) is 0 Å². The number of nitrogens with one attached hydrogen (secondary N) is 1. The van der Waals surface area contributed by atoms with Gasteiger partial charge in [0.15, 0.2) is 11.5 Å². The van der Waals surface area contributed by atoms with Crippen LogP contribution in [0.15, 0.2) is 48.5 Å². The monoisotopic (exact) mass is 342 g/mol. The average molecular weight is 342 g/mol. The van der Waals surface area contributed by atoms with Crippen molar-refractivity contribution < 1.29 is 14.6 Å². The van der Waals surface area contributed by atoms with Gasteiger partial charge in [0, 0.05) is 26.2 Å². The van der Waals surface area contributed by atoms with Crippen LogP contribution in [0.3, 0.4) is 0 Å². The van der Waals surface area contributed by atoms with E-state index < -0.39 is 0 Å². The molecule has 5 heteroatoms. The van der Waals surface area contributed by atoms with Gasteiger partial charge in [0.05, 0.1) is 19.8 Å². The molecule has 25 heavy (non-hydrogen) atoms. The summed E-state index contributed by atoms with van der Waals surface area (Å²) in [5.74, 6) is 1.41. The van der Waals surface area contributed by atoms with Crippen molar-refractivity contribution in [1.29, 1.82) is 0 Å². The molecule has 2 N–H and O–H groups in total. The van der Waals surface area contributed by atoms with E-state index in [1.165, 1.54) is 0 Å². The molecule has 1 aliphatic rings. The first-order valence-corrected chi connectivity index (χ1v) is 8.72. The number of aliphatic hydroxyl groups excluding tert-OH is 1. The average Bonchev–Trinajstić information content (AvgIpc) is 2.69. The minimum absolute atomic E-state index is 0.0147. The normalized spacial score (nSPS) is 16.4. The molecule has 1 saturated heterocycles. The van der Waals surface area contributed by atoms with Gasteiger partial charge in [-0.15, -0.1) is 0 Å². The molecule has 134 valence electrons. The Balaban J connectivity index is 1.73. The zero-order valence-corrected chi connectivity index (χ0v) is 14.6. The van der Waals surface area contributed by atoms with E-state index in [1.807, 2.05) is 48.5 Å². The molecule has 0 amide bonds. The zero-order chi connectivity index (χ0) is 17.5. The number of rotatable bonds is 7. The second-order valence-electron chi connectivity index (χ2n) is 6.17. The maximum Gasteiger partial charge on any atom is 0.161 e. The standard InChI is InChI=1S/C20H26N2O3/c1-24-20-13-17(18(14-23)22-11-9-21-10-12-22)7-8-19(20)25-15-16-5-3-2-4-6-16/h2-8,13,18,21,23H,9-12,14-15H2,1H3/t18-/m1/s1. The van der Waals surface area contributed by atoms with Gasteiger partial charge in [-0.05, 0) is 23.3 Å². The van der Waals surface area contributed by atoms with Crippen molar-refractivity contribution >= 4 is 0 Å². The molecule has 1 heterocycles. The SMILES string of the molecule is COc1cc([C@@H](CO)N2CCNCC2)ccc1OCc1ccccc1. The van der Waals surface area contributed by atoms with Crippen molar-refractivity contribution in [1.82, 2.24) is 10.2 Å². The molecule has 3 rings (SSSR count). The fraction of sp³-hybridized carbons (Fsp3) is 0.400. The molecule has 0 spiro atoms. The van der Waals surface area contributed by atoms with Crippen LogP contribution in [0, 0.1) is 0 Å². The first kappa shape index (κ1) is 17.7. The summed E-state index contributed by atoms with van der Waals surface area (Å²) in [6.45, 7) is 4.35. The van der Waals surface area contributed by atoms with E-state index in [4.69, 9.17) is 9.47 Å². The summed E-state index contributed by atoms with van der Waals surface area (Å²) in [5.41, 5.74) is 2.16. The first-order valence-electron chi connectivity index (χ1n) is 8.72. The predicted molar refractivity (Wildman–Crippen MR) is 98.0 cm³/mol. The Morgan fingerprint density at radius 3 is 2.52 bits per heavy atom. The summed E-state index contributed by atoms with van der Waals surface area (Å²) < 4.78 is 11.4. The highest BCUT2D eigenvalue weighted by atomic mass is 16.5. The Kier molecular flexibility index (Phi) is 6.28. The third kappa shape index (κ3) is 4.51. The van der Waals surface area contributed by atoms with Gasteiger partial charge in [-0.2, -0.15) is 0 Å². The summed E-state index contributed by atoms with van der Waals surface area (Å²) in [4.78, 5) is 2.30. The lowest BCUT2D eigenvalue weighted by Crippen LogP contribution is -2.46. The minimum atomic E-state index is -0.0147. The molecule has 5 nitrogen and oxygen atoms in total. The highest BCUT2D eigenvalue weighted by Crippen LogP contribution is 2.32. The number of hydrogen-bond acceptors (Lipinski definition) is 5. The topological polar surface area (TPSA) is 54.0 Å². The lowest BCUT2D eigenvalue weighted by atomic mass is 10.0. The van der Waals surface area contributed by atoms with Crippen LogP contribution in [-0.4, -0.2) is 49.9 Å². The Bertz CT molecular complexity index is 657. The van der Waals surface area contributed by atoms with Crippen LogP contribution in [0.5, 0.6) is 11.5 Å². The molecular formula is C20H26N2O3. The molecule has 0 radical (unpaired) electrons. The summed E-state index contributed by atoms with van der Waals surface area (Å²) in [7, 11) is 1.65. The summed E-state index contributed by atoms with van der Waals surface area (Å²) in [6.07, 6.45) is 0. The van der Waals surface area contributed by atoms with Crippen LogP contribution in [-0.2, 0) is 6.61 Å². The number of ether oxygens (including phenoxy) is 2. The van der Waals surface area contributed by atoms with Gasteiger partial charge < -0.3 is 19.9 Å². The Morgan fingerprint density at radius 2 is 1.84 bits per heavy atom. The predicted octanol–water partition coefficient (Wildman–Crippen LogP) is 2.21. The van der Waals surface area contributed by atoms with Crippen molar-refractivity contribution in [3.8, 4) is 11.5 Å². The van der Waals surface area contributed by atoms with Gasteiger partial charge in [-0.1, -0.05) is 36.4 Å². The fourth-order valence-electron chi connectivity index (χ4n) is 3.17. The molecule has 1 fully saturated rings. The van der Waals surface area contributed by atoms with E-state index >= 15 is 0 Å². The smallest absolute Gasteiger partial charge is 0.161 e. The number of hydrogen-bond donors (Lipinski definition) is 2. The molecule has 0 bridgehead atoms. The van der Waals surface area contributed by atoms with Crippen LogP contribution < -0.4 is 14.8 Å². The lowest BCUT2D eigenvalue weighted by molar-refractivity contribution is 0.110. The Hall–Kier alpha value is -2.08. The second-order valence-corrected chi connectivity index (χ2v) is 6.17. The van der Waals surface area contributed by atoms with E-state index in [0.717, 1.165) is 37.3 Å². The quantitative estimate of drug-likeness (QED) is 0.808. The maximum absolute atomic E-state index is 9.88. The molecule has 0 aromatic heterocycles. The van der Waals surface area contributed by atoms with Crippen molar-refractivity contribution in [3.05, 3.63) is 59.7 Å². The van der Waals surface area contributed by atoms with Crippen LogP contribution >= 0.6 is 0 Å². The lowest BCUT2D eigenvalue weighted by Gasteiger charge is -2.34. The van der Waals surface area contributed by atoms with Gasteiger partial charge in [0.1, 0.15) is 6.61 Å². The van der Waals surface area contributed by atoms with Crippen LogP contribution in [0.4, 0.5) is 0 Å². The molecular weight excluding hydrogens is 316 g/mol. The van der Waals surface area contributed by atoms with Crippen LogP contribution in [0.2, 0.25) is 0 Å². The molecule has 1 aliphatic heterocycles. The number of nitrogens with zero attached hydrogens (tertiary/aromatic N) is 1. The van der Waals surface area contributed by atoms with Crippen LogP contribution in [0.1, 0.15) is 17.2 Å². The Morgan fingerprint density at radius 1 is 1.08 bits per heavy atom. The largest absolute Gasteiger partial charge is 0.493 e. The van der Waals surface area contributed by atoms with Crippen LogP contribution in [0.25, 0.3) is 0 Å². The van der Waals surface area contributed by atoms with Gasteiger partial charge in [0.25, 0.3) is 0 Å². The van der Waals surface area contributed by atoms with E-state index in [9.17, 15) is 5.11 Å². The van der Waals surface area contributed by atoms with Gasteiger partial charge in [0.2, 0.25) is 0 Å². The summed E-state index contributed by atoms with van der Waals surface area (Å²) >= 11 is 0. The number of piperazine rings is 1. The first-order chi connectivity index (χ1) is 12.3. The highest BCUT2D eigenvalue weighted by Gasteiger charge is 2.22. The minimum Gasteiger partial charge on any atom is -0.493 e. The third-order valence-corrected chi connectivity index (χ3v) is 4.57. The van der Waals surface area contributed by atoms with Crippen molar-refractivity contribution in [3.63, 3.8) is 0 Å². The maximum atomic E-state index is 9.88. The third-order valence-electron chi connectivity index (χ3n) is 4.57. The summed E-state index contributed by atoms with van der Waals surface area (Å²) in [5, 5.41) is 13.2. The van der Waals surface area contributed by atoms with E-state index in [0.29, 0.717) is 18.1 Å². The van der Waals surface area contributed by atoms with E-state index in [-0.39, 0.29) is 12.6 Å². The highest BCUT2D eigenvalue weighted by molar-refractivity contribution is 5.44. The fourth-order valence-corrected chi connectivity index (χ4v) is 3.17. The number of aliphatic hydroxyl groups is 1. The van der Waals surface area contributed by atoms with Crippen molar-refractivity contribution in [2.45, 2.75) is 12.6 Å². The van der Waals surface area contributed by atoms with Gasteiger partial charge in [-0.3, -0.25) is 4.90 Å². The zero-order valence-electron chi connectivity index (χ0n) is 14.6. The molecule has 0 unspecified atom stereocenters. The van der Waals surface area contributed by atoms with Gasteiger partial charge >= 0.3 is 0 Å². The molecule has 1 atom stereocenters. The van der Waals surface area contributed by atoms with E-state index in [1.54, 1.807) is 7.11 Å². The molecule has 2 aromatic carbocycles. The summed E-state index contributed by atoms with van der Waals surface area (Å²) in [6, 6.07) is 16.0. The second kappa shape index (κ2) is 8.85. The molecule has 0 saturated carbocycles. The number of methoxy groups -OCH3 is 1. The number of benzene rings is 2. The van der Waals surface area contributed by atoms with Gasteiger partial charge in [-0.25, -0.2) is 0 Å². The molecule has 0 aliphatic carbocycles.